The van der Waals surface area contributed by atoms with Crippen molar-refractivity contribution < 1.29 is 14.3 Å². The van der Waals surface area contributed by atoms with E-state index in [4.69, 9.17) is 9.47 Å². The van der Waals surface area contributed by atoms with E-state index in [1.807, 2.05) is 50.2 Å². The van der Waals surface area contributed by atoms with Crippen LogP contribution in [0.5, 0.6) is 11.5 Å². The van der Waals surface area contributed by atoms with Crippen molar-refractivity contribution in [2.45, 2.75) is 20.5 Å². The van der Waals surface area contributed by atoms with E-state index in [9.17, 15) is 10.1 Å². The molecule has 0 aliphatic rings. The Morgan fingerprint density at radius 1 is 1.06 bits per heavy atom. The van der Waals surface area contributed by atoms with E-state index >= 15 is 0 Å². The molecule has 1 amide bonds. The summed E-state index contributed by atoms with van der Waals surface area (Å²) in [5, 5.41) is 12.3. The zero-order chi connectivity index (χ0) is 23.8. The van der Waals surface area contributed by atoms with Gasteiger partial charge in [0.15, 0.2) is 11.5 Å². The molecule has 168 valence electrons. The van der Waals surface area contributed by atoms with Crippen LogP contribution in [0.4, 0.5) is 5.69 Å². The molecule has 0 unspecified atom stereocenters. The van der Waals surface area contributed by atoms with Crippen molar-refractivity contribution in [3.8, 4) is 17.6 Å². The fourth-order valence-electron chi connectivity index (χ4n) is 3.04. The summed E-state index contributed by atoms with van der Waals surface area (Å²) in [6, 6.07) is 20.7. The van der Waals surface area contributed by atoms with Gasteiger partial charge in [0, 0.05) is 14.6 Å². The van der Waals surface area contributed by atoms with Crippen LogP contribution in [0.1, 0.15) is 23.6 Å². The van der Waals surface area contributed by atoms with Gasteiger partial charge < -0.3 is 14.8 Å². The van der Waals surface area contributed by atoms with Crippen molar-refractivity contribution in [2.24, 2.45) is 0 Å². The number of nitrogens with one attached hydrogen (secondary N) is 1. The van der Waals surface area contributed by atoms with Crippen LogP contribution in [0, 0.1) is 18.3 Å². The second-order valence-electron chi connectivity index (χ2n) is 7.16. The fraction of sp³-hybridized carbons (Fsp3) is 0.154. The van der Waals surface area contributed by atoms with Crippen LogP contribution in [0.3, 0.4) is 0 Å². The Balaban J connectivity index is 1.84. The van der Waals surface area contributed by atoms with Gasteiger partial charge in [0.2, 0.25) is 0 Å². The standard InChI is InChI=1S/C26H22Br2N2O3/c1-3-32-24-13-19(12-20(15-29)26(31)30-22-9-7-21(27)8-10-22)23(28)14-25(24)33-16-18-6-4-5-17(2)11-18/h4-14H,3,16H2,1-2H3,(H,30,31)/b20-12+. The van der Waals surface area contributed by atoms with E-state index in [0.717, 1.165) is 15.6 Å². The van der Waals surface area contributed by atoms with Crippen molar-refractivity contribution >= 4 is 49.5 Å². The summed E-state index contributed by atoms with van der Waals surface area (Å²) >= 11 is 6.88. The smallest absolute Gasteiger partial charge is 0.266 e. The summed E-state index contributed by atoms with van der Waals surface area (Å²) in [6.07, 6.45) is 1.52. The van der Waals surface area contributed by atoms with Crippen molar-refractivity contribution in [1.82, 2.24) is 0 Å². The first-order chi connectivity index (χ1) is 15.9. The molecule has 0 saturated heterocycles. The van der Waals surface area contributed by atoms with Gasteiger partial charge in [-0.2, -0.15) is 5.26 Å². The van der Waals surface area contributed by atoms with Crippen LogP contribution >= 0.6 is 31.9 Å². The minimum Gasteiger partial charge on any atom is -0.490 e. The lowest BCUT2D eigenvalue weighted by Crippen LogP contribution is -2.13. The number of amides is 1. The zero-order valence-electron chi connectivity index (χ0n) is 18.2. The Morgan fingerprint density at radius 2 is 1.79 bits per heavy atom. The van der Waals surface area contributed by atoms with Gasteiger partial charge in [-0.25, -0.2) is 0 Å². The molecule has 0 aliphatic heterocycles. The van der Waals surface area contributed by atoms with Gasteiger partial charge >= 0.3 is 0 Å². The number of anilines is 1. The van der Waals surface area contributed by atoms with E-state index in [1.165, 1.54) is 6.08 Å². The third kappa shape index (κ3) is 6.95. The molecule has 7 heteroatoms. The predicted octanol–water partition coefficient (Wildman–Crippen LogP) is 7.04. The zero-order valence-corrected chi connectivity index (χ0v) is 21.4. The van der Waals surface area contributed by atoms with E-state index in [-0.39, 0.29) is 5.57 Å². The van der Waals surface area contributed by atoms with Crippen LogP contribution in [-0.4, -0.2) is 12.5 Å². The molecule has 0 atom stereocenters. The molecule has 3 aromatic carbocycles. The molecule has 3 rings (SSSR count). The quantitative estimate of drug-likeness (QED) is 0.233. The minimum absolute atomic E-state index is 0.0329. The van der Waals surface area contributed by atoms with Crippen LogP contribution in [0.2, 0.25) is 0 Å². The van der Waals surface area contributed by atoms with E-state index < -0.39 is 5.91 Å². The number of aryl methyl sites for hydroxylation is 1. The highest BCUT2D eigenvalue weighted by molar-refractivity contribution is 9.10. The number of halogens is 2. The minimum atomic E-state index is -0.496. The first-order valence-corrected chi connectivity index (χ1v) is 11.8. The summed E-state index contributed by atoms with van der Waals surface area (Å²) in [7, 11) is 0. The largest absolute Gasteiger partial charge is 0.490 e. The topological polar surface area (TPSA) is 71.3 Å². The van der Waals surface area contributed by atoms with Crippen molar-refractivity contribution in [1.29, 1.82) is 5.26 Å². The molecule has 0 saturated carbocycles. The number of carbonyl (C=O) groups is 1. The van der Waals surface area contributed by atoms with Crippen LogP contribution in [0.25, 0.3) is 6.08 Å². The Hall–Kier alpha value is -3.08. The highest BCUT2D eigenvalue weighted by Crippen LogP contribution is 2.35. The van der Waals surface area contributed by atoms with Crippen molar-refractivity contribution in [2.75, 3.05) is 11.9 Å². The number of nitrogens with zero attached hydrogens (tertiary/aromatic N) is 1. The molecule has 0 heterocycles. The molecule has 5 nitrogen and oxygen atoms in total. The molecule has 0 spiro atoms. The average Bonchev–Trinajstić information content (AvgIpc) is 2.79. The lowest BCUT2D eigenvalue weighted by atomic mass is 10.1. The van der Waals surface area contributed by atoms with E-state index in [0.29, 0.717) is 40.4 Å². The van der Waals surface area contributed by atoms with Crippen molar-refractivity contribution in [3.05, 3.63) is 91.9 Å². The first kappa shape index (κ1) is 24.6. The van der Waals surface area contributed by atoms with Gasteiger partial charge in [0.25, 0.3) is 5.91 Å². The molecule has 0 radical (unpaired) electrons. The third-order valence-corrected chi connectivity index (χ3v) is 5.82. The molecule has 0 fully saturated rings. The third-order valence-electron chi connectivity index (χ3n) is 4.61. The lowest BCUT2D eigenvalue weighted by molar-refractivity contribution is -0.112. The number of hydrogen-bond donors (Lipinski definition) is 1. The maximum Gasteiger partial charge on any atom is 0.266 e. The van der Waals surface area contributed by atoms with Gasteiger partial charge in [-0.15, -0.1) is 0 Å². The van der Waals surface area contributed by atoms with Gasteiger partial charge in [0.05, 0.1) is 6.61 Å². The number of ether oxygens (including phenoxy) is 2. The van der Waals surface area contributed by atoms with E-state index in [2.05, 4.69) is 43.2 Å². The molecular weight excluding hydrogens is 548 g/mol. The van der Waals surface area contributed by atoms with Crippen LogP contribution in [0.15, 0.2) is 75.2 Å². The van der Waals surface area contributed by atoms with Crippen molar-refractivity contribution in [3.63, 3.8) is 0 Å². The molecule has 3 aromatic rings. The number of benzene rings is 3. The van der Waals surface area contributed by atoms with Crippen LogP contribution < -0.4 is 14.8 Å². The highest BCUT2D eigenvalue weighted by Gasteiger charge is 2.14. The normalized spacial score (nSPS) is 10.9. The Kier molecular flexibility index (Phi) is 8.70. The van der Waals surface area contributed by atoms with Gasteiger partial charge in [-0.1, -0.05) is 61.7 Å². The molecule has 33 heavy (non-hydrogen) atoms. The summed E-state index contributed by atoms with van der Waals surface area (Å²) in [5.74, 6) is 0.606. The predicted molar refractivity (Wildman–Crippen MR) is 137 cm³/mol. The summed E-state index contributed by atoms with van der Waals surface area (Å²) in [6.45, 7) is 4.75. The maximum absolute atomic E-state index is 12.6. The summed E-state index contributed by atoms with van der Waals surface area (Å²) < 4.78 is 13.3. The summed E-state index contributed by atoms with van der Waals surface area (Å²) in [5.41, 5.74) is 3.40. The maximum atomic E-state index is 12.6. The number of rotatable bonds is 8. The molecule has 1 N–H and O–H groups in total. The van der Waals surface area contributed by atoms with E-state index in [1.54, 1.807) is 24.3 Å². The van der Waals surface area contributed by atoms with Gasteiger partial charge in [0.1, 0.15) is 18.2 Å². The molecular formula is C26H22Br2N2O3. The second kappa shape index (κ2) is 11.7. The molecule has 0 aromatic heterocycles. The Bertz CT molecular complexity index is 1220. The first-order valence-electron chi connectivity index (χ1n) is 10.2. The number of carbonyl (C=O) groups excluding carboxylic acids is 1. The second-order valence-corrected chi connectivity index (χ2v) is 8.93. The van der Waals surface area contributed by atoms with Gasteiger partial charge in [-0.05, 0) is 67.4 Å². The monoisotopic (exact) mass is 568 g/mol. The Labute approximate surface area is 210 Å². The molecule has 0 bridgehead atoms. The number of hydrogen-bond acceptors (Lipinski definition) is 4. The van der Waals surface area contributed by atoms with Gasteiger partial charge in [-0.3, -0.25) is 4.79 Å². The Morgan fingerprint density at radius 3 is 2.45 bits per heavy atom. The number of nitriles is 1. The summed E-state index contributed by atoms with van der Waals surface area (Å²) in [4.78, 5) is 12.6. The molecule has 0 aliphatic carbocycles. The highest BCUT2D eigenvalue weighted by atomic mass is 79.9. The van der Waals surface area contributed by atoms with Crippen LogP contribution in [-0.2, 0) is 11.4 Å². The average molecular weight is 570 g/mol. The fourth-order valence-corrected chi connectivity index (χ4v) is 3.74. The SMILES string of the molecule is CCOc1cc(/C=C(\C#N)C(=O)Nc2ccc(Br)cc2)c(Br)cc1OCc1cccc(C)c1. The lowest BCUT2D eigenvalue weighted by Gasteiger charge is -2.14.